The van der Waals surface area contributed by atoms with Crippen LogP contribution in [0.1, 0.15) is 38.4 Å². The average molecular weight is 163 g/mol. The van der Waals surface area contributed by atoms with Crippen LogP contribution in [0.15, 0.2) is 12.3 Å². The minimum Gasteiger partial charge on any atom is -0.351 e. The first-order valence-electron chi connectivity index (χ1n) is 4.77. The lowest BCUT2D eigenvalue weighted by molar-refractivity contribution is 0.585. The van der Waals surface area contributed by atoms with Crippen molar-refractivity contribution in [2.45, 2.75) is 45.6 Å². The van der Waals surface area contributed by atoms with Crippen molar-refractivity contribution in [1.29, 1.82) is 0 Å². The van der Waals surface area contributed by atoms with Gasteiger partial charge in [-0.15, -0.1) is 0 Å². The Labute approximate surface area is 74.4 Å². The molecule has 0 saturated carbocycles. The molecule has 0 atom stereocenters. The third-order valence-corrected chi connectivity index (χ3v) is 2.68. The van der Waals surface area contributed by atoms with Gasteiger partial charge in [-0.25, -0.2) is 0 Å². The Morgan fingerprint density at radius 2 is 2.08 bits per heavy atom. The highest BCUT2D eigenvalue weighted by atomic mass is 15.0. The fourth-order valence-electron chi connectivity index (χ4n) is 1.82. The van der Waals surface area contributed by atoms with Crippen molar-refractivity contribution in [3.63, 3.8) is 0 Å². The molecule has 0 radical (unpaired) electrons. The maximum absolute atomic E-state index is 2.40. The van der Waals surface area contributed by atoms with E-state index in [2.05, 4.69) is 37.6 Å². The monoisotopic (exact) mass is 163 g/mol. The molecule has 1 aliphatic heterocycles. The zero-order valence-electron chi connectivity index (χ0n) is 8.22. The highest BCUT2D eigenvalue weighted by Crippen LogP contribution is 2.27. The van der Waals surface area contributed by atoms with Crippen LogP contribution in [-0.2, 0) is 18.4 Å². The van der Waals surface area contributed by atoms with Gasteiger partial charge < -0.3 is 4.57 Å². The Hall–Kier alpha value is -0.720. The quantitative estimate of drug-likeness (QED) is 0.554. The number of hydrogen-bond acceptors (Lipinski definition) is 0. The largest absolute Gasteiger partial charge is 0.351 e. The maximum atomic E-state index is 2.40. The van der Waals surface area contributed by atoms with Gasteiger partial charge in [-0.1, -0.05) is 20.8 Å². The molecule has 0 bridgehead atoms. The van der Waals surface area contributed by atoms with Crippen molar-refractivity contribution in [3.05, 3.63) is 23.5 Å². The third-order valence-electron chi connectivity index (χ3n) is 2.68. The Balaban J connectivity index is 2.38. The predicted molar refractivity (Wildman–Crippen MR) is 51.5 cm³/mol. The lowest BCUT2D eigenvalue weighted by atomic mass is 9.89. The zero-order valence-corrected chi connectivity index (χ0v) is 8.22. The minimum absolute atomic E-state index is 0.317. The van der Waals surface area contributed by atoms with E-state index in [0.29, 0.717) is 5.41 Å². The van der Waals surface area contributed by atoms with E-state index in [-0.39, 0.29) is 0 Å². The molecule has 0 fully saturated rings. The van der Waals surface area contributed by atoms with Gasteiger partial charge in [0.15, 0.2) is 0 Å². The SMILES string of the molecule is CC(C)(C)c1cc2n(c1)CCC2. The first-order valence-corrected chi connectivity index (χ1v) is 4.77. The molecular formula is C11H17N. The van der Waals surface area contributed by atoms with Crippen LogP contribution < -0.4 is 0 Å². The number of hydrogen-bond donors (Lipinski definition) is 0. The first-order chi connectivity index (χ1) is 5.57. The van der Waals surface area contributed by atoms with Gasteiger partial charge in [-0.05, 0) is 29.9 Å². The fourth-order valence-corrected chi connectivity index (χ4v) is 1.82. The van der Waals surface area contributed by atoms with Crippen molar-refractivity contribution >= 4 is 0 Å². The van der Waals surface area contributed by atoms with Gasteiger partial charge in [0.05, 0.1) is 0 Å². The van der Waals surface area contributed by atoms with Crippen LogP contribution in [0.25, 0.3) is 0 Å². The third kappa shape index (κ3) is 1.17. The van der Waals surface area contributed by atoms with Crippen molar-refractivity contribution in [2.75, 3.05) is 0 Å². The number of aryl methyl sites for hydroxylation is 2. The molecule has 66 valence electrons. The maximum Gasteiger partial charge on any atom is 0.0226 e. The zero-order chi connectivity index (χ0) is 8.77. The van der Waals surface area contributed by atoms with E-state index >= 15 is 0 Å². The van der Waals surface area contributed by atoms with E-state index in [1.165, 1.54) is 30.6 Å². The highest BCUT2D eigenvalue weighted by molar-refractivity contribution is 5.26. The lowest BCUT2D eigenvalue weighted by Crippen LogP contribution is -2.09. The summed E-state index contributed by atoms with van der Waals surface area (Å²) in [6.45, 7) is 8.06. The molecule has 12 heavy (non-hydrogen) atoms. The summed E-state index contributed by atoms with van der Waals surface area (Å²) in [7, 11) is 0. The van der Waals surface area contributed by atoms with Crippen molar-refractivity contribution in [2.24, 2.45) is 0 Å². The van der Waals surface area contributed by atoms with Gasteiger partial charge in [0.25, 0.3) is 0 Å². The Kier molecular flexibility index (Phi) is 1.57. The topological polar surface area (TPSA) is 4.93 Å². The molecule has 1 aromatic rings. The molecule has 0 saturated heterocycles. The smallest absolute Gasteiger partial charge is 0.0226 e. The second-order valence-corrected chi connectivity index (χ2v) is 4.77. The van der Waals surface area contributed by atoms with Crippen LogP contribution in [0.2, 0.25) is 0 Å². The summed E-state index contributed by atoms with van der Waals surface area (Å²) in [5.74, 6) is 0. The highest BCUT2D eigenvalue weighted by Gasteiger charge is 2.19. The summed E-state index contributed by atoms with van der Waals surface area (Å²) >= 11 is 0. The summed E-state index contributed by atoms with van der Waals surface area (Å²) in [5.41, 5.74) is 3.33. The number of nitrogens with zero attached hydrogens (tertiary/aromatic N) is 1. The van der Waals surface area contributed by atoms with Crippen LogP contribution in [-0.4, -0.2) is 4.57 Å². The summed E-state index contributed by atoms with van der Waals surface area (Å²) in [4.78, 5) is 0. The van der Waals surface area contributed by atoms with Crippen molar-refractivity contribution in [1.82, 2.24) is 4.57 Å². The van der Waals surface area contributed by atoms with Crippen LogP contribution in [0.3, 0.4) is 0 Å². The molecule has 0 N–H and O–H groups in total. The lowest BCUT2D eigenvalue weighted by Gasteiger charge is -2.16. The predicted octanol–water partition coefficient (Wildman–Crippen LogP) is 2.73. The minimum atomic E-state index is 0.317. The molecule has 0 spiro atoms. The fraction of sp³-hybridized carbons (Fsp3) is 0.636. The van der Waals surface area contributed by atoms with E-state index < -0.39 is 0 Å². The van der Waals surface area contributed by atoms with Gasteiger partial charge in [0, 0.05) is 18.4 Å². The van der Waals surface area contributed by atoms with Crippen molar-refractivity contribution < 1.29 is 0 Å². The van der Waals surface area contributed by atoms with Gasteiger partial charge in [0.1, 0.15) is 0 Å². The van der Waals surface area contributed by atoms with Gasteiger partial charge in [-0.2, -0.15) is 0 Å². The Bertz CT molecular complexity index is 267. The summed E-state index contributed by atoms with van der Waals surface area (Å²) < 4.78 is 2.40. The van der Waals surface area contributed by atoms with Crippen molar-refractivity contribution in [3.8, 4) is 0 Å². The molecule has 0 aliphatic carbocycles. The second-order valence-electron chi connectivity index (χ2n) is 4.77. The summed E-state index contributed by atoms with van der Waals surface area (Å²) in [6.07, 6.45) is 4.93. The Morgan fingerprint density at radius 3 is 2.67 bits per heavy atom. The number of aromatic nitrogens is 1. The average Bonchev–Trinajstić information content (AvgIpc) is 2.37. The van der Waals surface area contributed by atoms with E-state index in [4.69, 9.17) is 0 Å². The van der Waals surface area contributed by atoms with Crippen LogP contribution in [0.5, 0.6) is 0 Å². The molecule has 0 aromatic carbocycles. The molecule has 0 amide bonds. The molecule has 1 heteroatoms. The summed E-state index contributed by atoms with van der Waals surface area (Å²) in [5, 5.41) is 0. The van der Waals surface area contributed by atoms with E-state index in [0.717, 1.165) is 0 Å². The van der Waals surface area contributed by atoms with Crippen LogP contribution >= 0.6 is 0 Å². The first kappa shape index (κ1) is 7.90. The molecule has 1 nitrogen and oxygen atoms in total. The molecule has 1 aliphatic rings. The molecule has 2 heterocycles. The van der Waals surface area contributed by atoms with E-state index in [1.54, 1.807) is 0 Å². The van der Waals surface area contributed by atoms with E-state index in [9.17, 15) is 0 Å². The molecule has 0 unspecified atom stereocenters. The number of rotatable bonds is 0. The normalized spacial score (nSPS) is 16.6. The number of fused-ring (bicyclic) bond motifs is 1. The summed E-state index contributed by atoms with van der Waals surface area (Å²) in [6, 6.07) is 2.37. The van der Waals surface area contributed by atoms with Crippen LogP contribution in [0.4, 0.5) is 0 Å². The van der Waals surface area contributed by atoms with Crippen LogP contribution in [0, 0.1) is 0 Å². The van der Waals surface area contributed by atoms with Gasteiger partial charge >= 0.3 is 0 Å². The van der Waals surface area contributed by atoms with E-state index in [1.807, 2.05) is 0 Å². The van der Waals surface area contributed by atoms with Gasteiger partial charge in [0.2, 0.25) is 0 Å². The molecule has 1 aromatic heterocycles. The molecule has 2 rings (SSSR count). The second kappa shape index (κ2) is 2.38. The Morgan fingerprint density at radius 1 is 1.33 bits per heavy atom. The van der Waals surface area contributed by atoms with Gasteiger partial charge in [-0.3, -0.25) is 0 Å². The standard InChI is InChI=1S/C11H17N/c1-11(2,3)9-7-10-5-4-6-12(10)8-9/h7-8H,4-6H2,1-3H3. The molecular weight excluding hydrogens is 146 g/mol.